The molecule has 162 valence electrons. The Morgan fingerprint density at radius 2 is 1.72 bits per heavy atom. The first-order valence-electron chi connectivity index (χ1n) is 9.81. The number of methoxy groups -OCH3 is 1. The number of hydrogen-bond acceptors (Lipinski definition) is 7. The highest BCUT2D eigenvalue weighted by Crippen LogP contribution is 2.19. The van der Waals surface area contributed by atoms with Crippen molar-refractivity contribution in [3.8, 4) is 17.1 Å². The average Bonchev–Trinajstić information content (AvgIpc) is 3.51. The predicted octanol–water partition coefficient (Wildman–Crippen LogP) is 4.63. The summed E-state index contributed by atoms with van der Waals surface area (Å²) in [6.07, 6.45) is 0.538. The van der Waals surface area contributed by atoms with Gasteiger partial charge in [0.05, 0.1) is 7.11 Å². The maximum absolute atomic E-state index is 12.4. The maximum atomic E-state index is 12.4. The van der Waals surface area contributed by atoms with Gasteiger partial charge in [-0.1, -0.05) is 5.16 Å². The largest absolute Gasteiger partial charge is 0.497 e. The van der Waals surface area contributed by atoms with E-state index in [2.05, 4.69) is 20.8 Å². The molecule has 0 atom stereocenters. The lowest BCUT2D eigenvalue weighted by Crippen LogP contribution is -2.14. The van der Waals surface area contributed by atoms with Gasteiger partial charge in [0, 0.05) is 40.7 Å². The Hall–Kier alpha value is -3.98. The van der Waals surface area contributed by atoms with Crippen LogP contribution >= 0.6 is 11.3 Å². The molecular formula is C23H20N4O4S. The van der Waals surface area contributed by atoms with Gasteiger partial charge in [-0.2, -0.15) is 16.3 Å². The van der Waals surface area contributed by atoms with Crippen molar-refractivity contribution in [3.63, 3.8) is 0 Å². The number of ether oxygens (including phenoxy) is 1. The van der Waals surface area contributed by atoms with E-state index in [9.17, 15) is 9.59 Å². The minimum Gasteiger partial charge on any atom is -0.497 e. The summed E-state index contributed by atoms with van der Waals surface area (Å²) in [7, 11) is 1.58. The van der Waals surface area contributed by atoms with Crippen molar-refractivity contribution in [2.24, 2.45) is 0 Å². The fraction of sp³-hybridized carbons (Fsp3) is 0.130. The molecule has 4 rings (SSSR count). The Kier molecular flexibility index (Phi) is 6.57. The summed E-state index contributed by atoms with van der Waals surface area (Å²) >= 11 is 1.55. The number of anilines is 2. The van der Waals surface area contributed by atoms with Crippen LogP contribution in [0.25, 0.3) is 11.4 Å². The van der Waals surface area contributed by atoms with E-state index in [1.807, 2.05) is 16.8 Å². The van der Waals surface area contributed by atoms with Crippen LogP contribution in [0.4, 0.5) is 11.4 Å². The Morgan fingerprint density at radius 1 is 1.00 bits per heavy atom. The summed E-state index contributed by atoms with van der Waals surface area (Å²) in [6, 6.07) is 15.6. The van der Waals surface area contributed by atoms with Gasteiger partial charge in [0.25, 0.3) is 5.91 Å². The van der Waals surface area contributed by atoms with Crippen LogP contribution in [0, 0.1) is 0 Å². The molecule has 0 saturated carbocycles. The zero-order valence-corrected chi connectivity index (χ0v) is 18.0. The molecule has 0 aliphatic heterocycles. The topological polar surface area (TPSA) is 106 Å². The molecule has 2 aromatic heterocycles. The molecule has 0 unspecified atom stereocenters. The number of benzene rings is 2. The number of hydrogen-bond donors (Lipinski definition) is 2. The van der Waals surface area contributed by atoms with E-state index in [1.54, 1.807) is 67.0 Å². The lowest BCUT2D eigenvalue weighted by Gasteiger charge is -2.08. The highest BCUT2D eigenvalue weighted by atomic mass is 32.1. The SMILES string of the molecule is COc1ccc(NC(=O)c2ccc(NC(=O)CCc3nc(-c4ccsc4)no3)cc2)cc1. The van der Waals surface area contributed by atoms with E-state index in [1.165, 1.54) is 0 Å². The molecule has 0 fully saturated rings. The van der Waals surface area contributed by atoms with Gasteiger partial charge in [-0.05, 0) is 60.0 Å². The fourth-order valence-corrected chi connectivity index (χ4v) is 3.53. The number of carbonyl (C=O) groups is 2. The molecule has 0 spiro atoms. The lowest BCUT2D eigenvalue weighted by molar-refractivity contribution is -0.116. The van der Waals surface area contributed by atoms with E-state index in [0.717, 1.165) is 5.56 Å². The molecule has 2 N–H and O–H groups in total. The molecule has 0 bridgehead atoms. The molecule has 0 radical (unpaired) electrons. The van der Waals surface area contributed by atoms with Crippen LogP contribution in [0.3, 0.4) is 0 Å². The lowest BCUT2D eigenvalue weighted by atomic mass is 10.2. The third-order valence-electron chi connectivity index (χ3n) is 4.59. The second-order valence-corrected chi connectivity index (χ2v) is 7.61. The van der Waals surface area contributed by atoms with Gasteiger partial charge >= 0.3 is 0 Å². The number of nitrogens with zero attached hydrogens (tertiary/aromatic N) is 2. The Bertz CT molecular complexity index is 1190. The summed E-state index contributed by atoms with van der Waals surface area (Å²) in [5.74, 6) is 1.21. The number of aryl methyl sites for hydroxylation is 1. The standard InChI is InChI=1S/C23H20N4O4S/c1-30-19-8-6-18(7-9-19)25-23(29)15-2-4-17(5-3-15)24-20(28)10-11-21-26-22(27-31-21)16-12-13-32-14-16/h2-9,12-14H,10-11H2,1H3,(H,24,28)(H,25,29). The number of thiophene rings is 1. The third-order valence-corrected chi connectivity index (χ3v) is 5.28. The number of amides is 2. The summed E-state index contributed by atoms with van der Waals surface area (Å²) in [4.78, 5) is 28.9. The van der Waals surface area contributed by atoms with E-state index < -0.39 is 0 Å². The zero-order valence-electron chi connectivity index (χ0n) is 17.2. The van der Waals surface area contributed by atoms with Gasteiger partial charge in [0.15, 0.2) is 0 Å². The van der Waals surface area contributed by atoms with Gasteiger partial charge in [-0.15, -0.1) is 0 Å². The van der Waals surface area contributed by atoms with Crippen molar-refractivity contribution in [2.45, 2.75) is 12.8 Å². The maximum Gasteiger partial charge on any atom is 0.255 e. The molecule has 0 saturated heterocycles. The molecule has 2 heterocycles. The summed E-state index contributed by atoms with van der Waals surface area (Å²) < 4.78 is 10.3. The summed E-state index contributed by atoms with van der Waals surface area (Å²) in [6.45, 7) is 0. The number of nitrogens with one attached hydrogen (secondary N) is 2. The normalized spacial score (nSPS) is 10.5. The van der Waals surface area contributed by atoms with Crippen molar-refractivity contribution >= 4 is 34.5 Å². The molecule has 2 aromatic carbocycles. The fourth-order valence-electron chi connectivity index (χ4n) is 2.89. The van der Waals surface area contributed by atoms with Crippen LogP contribution in [0.1, 0.15) is 22.7 Å². The van der Waals surface area contributed by atoms with Gasteiger partial charge < -0.3 is 19.9 Å². The Morgan fingerprint density at radius 3 is 2.41 bits per heavy atom. The van der Waals surface area contributed by atoms with E-state index in [4.69, 9.17) is 9.26 Å². The Labute approximate surface area is 188 Å². The number of rotatable bonds is 8. The monoisotopic (exact) mass is 448 g/mol. The zero-order chi connectivity index (χ0) is 22.3. The van der Waals surface area contributed by atoms with Crippen LogP contribution in [0.5, 0.6) is 5.75 Å². The second-order valence-electron chi connectivity index (χ2n) is 6.83. The molecule has 0 aliphatic carbocycles. The van der Waals surface area contributed by atoms with E-state index in [0.29, 0.717) is 40.8 Å². The molecular weight excluding hydrogens is 428 g/mol. The van der Waals surface area contributed by atoms with Gasteiger partial charge in [0.2, 0.25) is 17.6 Å². The first-order valence-corrected chi connectivity index (χ1v) is 10.8. The van der Waals surface area contributed by atoms with E-state index in [-0.39, 0.29) is 18.2 Å². The minimum absolute atomic E-state index is 0.185. The van der Waals surface area contributed by atoms with Crippen LogP contribution in [-0.2, 0) is 11.2 Å². The highest BCUT2D eigenvalue weighted by molar-refractivity contribution is 7.08. The summed E-state index contributed by atoms with van der Waals surface area (Å²) in [5, 5.41) is 13.4. The van der Waals surface area contributed by atoms with Crippen molar-refractivity contribution in [1.82, 2.24) is 10.1 Å². The van der Waals surface area contributed by atoms with Crippen LogP contribution in [-0.4, -0.2) is 29.1 Å². The van der Waals surface area contributed by atoms with Gasteiger partial charge in [0.1, 0.15) is 5.75 Å². The van der Waals surface area contributed by atoms with E-state index >= 15 is 0 Å². The molecule has 2 amide bonds. The van der Waals surface area contributed by atoms with Crippen molar-refractivity contribution < 1.29 is 18.8 Å². The van der Waals surface area contributed by atoms with Crippen molar-refractivity contribution in [1.29, 1.82) is 0 Å². The van der Waals surface area contributed by atoms with Gasteiger partial charge in [-0.3, -0.25) is 9.59 Å². The van der Waals surface area contributed by atoms with Crippen LogP contribution in [0.2, 0.25) is 0 Å². The van der Waals surface area contributed by atoms with Gasteiger partial charge in [-0.25, -0.2) is 0 Å². The first kappa shape index (κ1) is 21.3. The second kappa shape index (κ2) is 9.88. The molecule has 4 aromatic rings. The highest BCUT2D eigenvalue weighted by Gasteiger charge is 2.12. The molecule has 8 nitrogen and oxygen atoms in total. The van der Waals surface area contributed by atoms with Crippen molar-refractivity contribution in [2.75, 3.05) is 17.7 Å². The Balaban J connectivity index is 1.27. The van der Waals surface area contributed by atoms with Crippen LogP contribution < -0.4 is 15.4 Å². The quantitative estimate of drug-likeness (QED) is 0.407. The summed E-state index contributed by atoms with van der Waals surface area (Å²) in [5.41, 5.74) is 2.63. The molecule has 32 heavy (non-hydrogen) atoms. The molecule has 0 aliphatic rings. The predicted molar refractivity (Wildman–Crippen MR) is 122 cm³/mol. The smallest absolute Gasteiger partial charge is 0.255 e. The number of aromatic nitrogens is 2. The van der Waals surface area contributed by atoms with Crippen molar-refractivity contribution in [3.05, 3.63) is 76.8 Å². The number of carbonyl (C=O) groups excluding carboxylic acids is 2. The minimum atomic E-state index is -0.245. The first-order chi connectivity index (χ1) is 15.6. The average molecular weight is 449 g/mol. The molecule has 9 heteroatoms. The van der Waals surface area contributed by atoms with Crippen LogP contribution in [0.15, 0.2) is 69.9 Å². The third kappa shape index (κ3) is 5.38.